The first kappa shape index (κ1) is 20.1. The van der Waals surface area contributed by atoms with Gasteiger partial charge in [0.15, 0.2) is 0 Å². The summed E-state index contributed by atoms with van der Waals surface area (Å²) in [4.78, 5) is 25.3. The topological polar surface area (TPSA) is 172 Å². The van der Waals surface area contributed by atoms with Gasteiger partial charge < -0.3 is 5.73 Å². The van der Waals surface area contributed by atoms with Crippen molar-refractivity contribution in [3.05, 3.63) is 21.9 Å². The van der Waals surface area contributed by atoms with Gasteiger partial charge in [0.1, 0.15) is 6.04 Å². The fourth-order valence-corrected chi connectivity index (χ4v) is 4.60. The van der Waals surface area contributed by atoms with Crippen LogP contribution in [-0.4, -0.2) is 37.4 Å². The first-order chi connectivity index (χ1) is 12.8. The Morgan fingerprint density at radius 3 is 2.70 bits per heavy atom. The Hall–Kier alpha value is -1.61. The molecule has 150 valence electrons. The molecule has 0 radical (unpaired) electrons. The van der Waals surface area contributed by atoms with Gasteiger partial charge in [-0.25, -0.2) is 0 Å². The summed E-state index contributed by atoms with van der Waals surface area (Å²) in [6.45, 7) is 0.165. The third kappa shape index (κ3) is 4.82. The molecular weight excluding hydrogens is 398 g/mol. The average Bonchev–Trinajstić information content (AvgIpc) is 3.25. The Morgan fingerprint density at radius 2 is 2.04 bits per heavy atom. The summed E-state index contributed by atoms with van der Waals surface area (Å²) in [5.41, 5.74) is 13.6. The van der Waals surface area contributed by atoms with E-state index in [1.165, 1.54) is 11.3 Å². The predicted octanol–water partition coefficient (Wildman–Crippen LogP) is -0.968. The van der Waals surface area contributed by atoms with E-state index in [1.54, 1.807) is 11.4 Å². The van der Waals surface area contributed by atoms with Crippen molar-refractivity contribution in [3.8, 4) is 0 Å². The average molecular weight is 419 g/mol. The highest BCUT2D eigenvalue weighted by atomic mass is 32.3. The lowest BCUT2D eigenvalue weighted by Crippen LogP contribution is -2.52. The Morgan fingerprint density at radius 1 is 1.30 bits per heavy atom. The van der Waals surface area contributed by atoms with Gasteiger partial charge in [-0.1, -0.05) is 6.42 Å². The van der Waals surface area contributed by atoms with Crippen LogP contribution in [-0.2, 0) is 24.3 Å². The number of fused-ring (bicyclic) bond motifs is 1. The number of hydrazine groups is 1. The number of carbonyl (C=O) groups is 2. The van der Waals surface area contributed by atoms with E-state index in [9.17, 15) is 18.0 Å². The van der Waals surface area contributed by atoms with Crippen LogP contribution >= 0.6 is 11.3 Å². The Labute approximate surface area is 159 Å². The smallest absolute Gasteiger partial charge is 0.327 e. The molecule has 13 heteroatoms. The fourth-order valence-electron chi connectivity index (χ4n) is 3.33. The van der Waals surface area contributed by atoms with Crippen LogP contribution in [0.4, 0.5) is 0 Å². The monoisotopic (exact) mass is 419 g/mol. The summed E-state index contributed by atoms with van der Waals surface area (Å²) < 4.78 is 34.3. The van der Waals surface area contributed by atoms with Crippen LogP contribution in [0.5, 0.6) is 0 Å². The standard InChI is InChI=1S/C14H21N5O6S2/c15-9-3-1-2-7(9)13(20)17-18-14(21)11-12-8(4-5-26-12)10(6-16-11)19-25-27(22,23)24/h4-5,7,9-11,16,19H,1-3,6,15H2,(H,17,20)(H,18,21)(H,22,23,24)/t7?,9?,10-,11-/m0/s1. The fraction of sp³-hybridized carbons (Fsp3) is 0.571. The Kier molecular flexibility index (Phi) is 6.10. The second-order valence-electron chi connectivity index (χ2n) is 6.44. The van der Waals surface area contributed by atoms with Crippen molar-refractivity contribution in [1.29, 1.82) is 0 Å². The second-order valence-corrected chi connectivity index (χ2v) is 8.41. The molecule has 1 aromatic rings. The SMILES string of the molecule is NC1CCCC1C(=O)NNC(=O)[C@H]1NC[C@H](NOS(=O)(=O)O)c2ccsc21. The Bertz CT molecular complexity index is 813. The van der Waals surface area contributed by atoms with Gasteiger partial charge in [0.05, 0.1) is 12.0 Å². The molecule has 1 aromatic heterocycles. The summed E-state index contributed by atoms with van der Waals surface area (Å²) in [5.74, 6) is -1.07. The lowest BCUT2D eigenvalue weighted by atomic mass is 9.99. The third-order valence-corrected chi connectivity index (χ3v) is 5.97. The van der Waals surface area contributed by atoms with Crippen molar-refractivity contribution >= 4 is 33.6 Å². The first-order valence-electron chi connectivity index (χ1n) is 8.33. The van der Waals surface area contributed by atoms with Crippen LogP contribution < -0.4 is 27.4 Å². The number of carbonyl (C=O) groups excluding carboxylic acids is 2. The van der Waals surface area contributed by atoms with E-state index >= 15 is 0 Å². The predicted molar refractivity (Wildman–Crippen MR) is 95.2 cm³/mol. The zero-order chi connectivity index (χ0) is 19.6. The number of nitrogens with one attached hydrogen (secondary N) is 4. The van der Waals surface area contributed by atoms with E-state index < -0.39 is 28.4 Å². The molecule has 0 saturated heterocycles. The zero-order valence-electron chi connectivity index (χ0n) is 14.2. The number of nitrogens with two attached hydrogens (primary N) is 1. The van der Waals surface area contributed by atoms with E-state index in [-0.39, 0.29) is 24.4 Å². The van der Waals surface area contributed by atoms with Crippen LogP contribution in [0.25, 0.3) is 0 Å². The van der Waals surface area contributed by atoms with Crippen LogP contribution in [0.15, 0.2) is 11.4 Å². The lowest BCUT2D eigenvalue weighted by molar-refractivity contribution is -0.132. The number of rotatable bonds is 5. The summed E-state index contributed by atoms with van der Waals surface area (Å²) >= 11 is 1.30. The van der Waals surface area contributed by atoms with Crippen LogP contribution in [0, 0.1) is 5.92 Å². The molecule has 11 nitrogen and oxygen atoms in total. The van der Waals surface area contributed by atoms with Gasteiger partial charge in [-0.3, -0.25) is 30.3 Å². The van der Waals surface area contributed by atoms with Gasteiger partial charge in [0, 0.05) is 17.5 Å². The van der Waals surface area contributed by atoms with Gasteiger partial charge in [-0.15, -0.1) is 11.3 Å². The van der Waals surface area contributed by atoms with Crippen molar-refractivity contribution in [2.75, 3.05) is 6.54 Å². The number of hydrogen-bond donors (Lipinski definition) is 6. The van der Waals surface area contributed by atoms with Gasteiger partial charge in [0.25, 0.3) is 5.91 Å². The molecule has 7 N–H and O–H groups in total. The van der Waals surface area contributed by atoms with Gasteiger partial charge in [-0.05, 0) is 29.9 Å². The van der Waals surface area contributed by atoms with Crippen LogP contribution in [0.3, 0.4) is 0 Å². The maximum absolute atomic E-state index is 12.5. The van der Waals surface area contributed by atoms with Gasteiger partial charge in [-0.2, -0.15) is 18.2 Å². The molecule has 2 unspecified atom stereocenters. The van der Waals surface area contributed by atoms with Crippen molar-refractivity contribution in [2.45, 2.75) is 37.4 Å². The lowest BCUT2D eigenvalue weighted by Gasteiger charge is -2.29. The molecule has 2 amide bonds. The molecule has 0 aromatic carbocycles. The molecule has 27 heavy (non-hydrogen) atoms. The van der Waals surface area contributed by atoms with E-state index in [4.69, 9.17) is 10.3 Å². The molecular formula is C14H21N5O6S2. The van der Waals surface area contributed by atoms with Crippen LogP contribution in [0.2, 0.25) is 0 Å². The van der Waals surface area contributed by atoms with Gasteiger partial charge in [0.2, 0.25) is 5.91 Å². The molecule has 2 heterocycles. The van der Waals surface area contributed by atoms with Crippen molar-refractivity contribution in [2.24, 2.45) is 11.7 Å². The highest BCUT2D eigenvalue weighted by Crippen LogP contribution is 2.33. The van der Waals surface area contributed by atoms with Crippen molar-refractivity contribution < 1.29 is 26.8 Å². The largest absolute Gasteiger partial charge is 0.413 e. The molecule has 1 fully saturated rings. The minimum absolute atomic E-state index is 0.165. The minimum atomic E-state index is -4.64. The maximum atomic E-state index is 12.5. The first-order valence-corrected chi connectivity index (χ1v) is 10.6. The molecule has 0 bridgehead atoms. The normalized spacial score (nSPS) is 27.8. The highest BCUT2D eigenvalue weighted by molar-refractivity contribution is 7.80. The number of hydrogen-bond acceptors (Lipinski definition) is 9. The Balaban J connectivity index is 1.60. The van der Waals surface area contributed by atoms with Crippen molar-refractivity contribution in [1.82, 2.24) is 21.6 Å². The summed E-state index contributed by atoms with van der Waals surface area (Å²) in [7, 11) is -4.64. The molecule has 0 spiro atoms. The summed E-state index contributed by atoms with van der Waals surface area (Å²) in [5, 5.41) is 4.70. The van der Waals surface area contributed by atoms with E-state index in [1.807, 2.05) is 0 Å². The highest BCUT2D eigenvalue weighted by Gasteiger charge is 2.34. The minimum Gasteiger partial charge on any atom is -0.327 e. The molecule has 4 atom stereocenters. The quantitative estimate of drug-likeness (QED) is 0.259. The zero-order valence-corrected chi connectivity index (χ0v) is 15.8. The van der Waals surface area contributed by atoms with Gasteiger partial charge >= 0.3 is 10.4 Å². The second kappa shape index (κ2) is 8.18. The molecule has 2 aliphatic rings. The molecule has 1 aliphatic carbocycles. The van der Waals surface area contributed by atoms with E-state index in [0.717, 1.165) is 12.8 Å². The number of thiophene rings is 1. The third-order valence-electron chi connectivity index (χ3n) is 4.66. The van der Waals surface area contributed by atoms with Crippen molar-refractivity contribution in [3.63, 3.8) is 0 Å². The van der Waals surface area contributed by atoms with E-state index in [0.29, 0.717) is 16.9 Å². The maximum Gasteiger partial charge on any atom is 0.413 e. The van der Waals surface area contributed by atoms with Crippen LogP contribution in [0.1, 0.15) is 41.8 Å². The summed E-state index contributed by atoms with van der Waals surface area (Å²) in [6, 6.07) is 0.223. The molecule has 1 saturated carbocycles. The molecule has 3 rings (SSSR count). The number of hydroxylamine groups is 1. The summed E-state index contributed by atoms with van der Waals surface area (Å²) in [6.07, 6.45) is 2.37. The molecule has 1 aliphatic heterocycles. The van der Waals surface area contributed by atoms with E-state index in [2.05, 4.69) is 25.9 Å². The number of amides is 2.